The number of carboxylic acid groups (broad SMARTS) is 1. The summed E-state index contributed by atoms with van der Waals surface area (Å²) < 4.78 is 0.589. The minimum absolute atomic E-state index is 0.0312. The first-order chi connectivity index (χ1) is 17.4. The maximum atomic E-state index is 13.4. The number of amides is 1. The molecule has 4 aromatic rings. The number of Topliss-reactive ketones (excluding diaryl/α,β-unsaturated/α-hetero) is 1. The summed E-state index contributed by atoms with van der Waals surface area (Å²) in [6.07, 6.45) is 4.14. The van der Waals surface area contributed by atoms with E-state index in [0.29, 0.717) is 15.8 Å². The number of aliphatic hydroxyl groups excluding tert-OH is 1. The molecule has 36 heavy (non-hydrogen) atoms. The van der Waals surface area contributed by atoms with Gasteiger partial charge in [-0.3, -0.25) is 14.5 Å². The molecule has 1 saturated heterocycles. The zero-order valence-corrected chi connectivity index (χ0v) is 20.6. The lowest BCUT2D eigenvalue weighted by molar-refractivity contribution is -0.132. The van der Waals surface area contributed by atoms with E-state index < -0.39 is 23.7 Å². The average molecular weight is 517 g/mol. The molecule has 9 heteroatoms. The number of anilines is 1. The molecule has 6 rings (SSSR count). The Kier molecular flexibility index (Phi) is 5.46. The fourth-order valence-electron chi connectivity index (χ4n) is 4.93. The van der Waals surface area contributed by atoms with Crippen molar-refractivity contribution in [3.63, 3.8) is 0 Å². The van der Waals surface area contributed by atoms with Crippen LogP contribution in [0, 0.1) is 0 Å². The van der Waals surface area contributed by atoms with E-state index in [-0.39, 0.29) is 22.0 Å². The number of aliphatic hydroxyl groups is 1. The van der Waals surface area contributed by atoms with Crippen LogP contribution in [0.2, 0.25) is 0 Å². The molecule has 2 aromatic heterocycles. The Morgan fingerprint density at radius 2 is 1.75 bits per heavy atom. The Balaban J connectivity index is 1.50. The van der Waals surface area contributed by atoms with Crippen LogP contribution in [0.1, 0.15) is 50.8 Å². The van der Waals surface area contributed by atoms with Crippen molar-refractivity contribution in [2.45, 2.75) is 31.7 Å². The number of ketones is 1. The molecule has 0 bridgehead atoms. The van der Waals surface area contributed by atoms with Crippen LogP contribution in [-0.2, 0) is 22.4 Å². The van der Waals surface area contributed by atoms with E-state index in [4.69, 9.17) is 0 Å². The van der Waals surface area contributed by atoms with Gasteiger partial charge >= 0.3 is 11.9 Å². The van der Waals surface area contributed by atoms with Crippen LogP contribution in [0.4, 0.5) is 5.13 Å². The standard InChI is InChI=1S/C27H20N2O5S2/c30-23(16-8-7-14-4-1-2-5-15(14)12-16)21-22(19-6-3-11-35-19)29(25(32)24(21)31)27-28-18-10-9-17(26(33)34)13-20(18)36-27/h3,6-13,22,30H,1-2,4-5H2,(H,33,34)/b23-21+. The summed E-state index contributed by atoms with van der Waals surface area (Å²) >= 11 is 2.52. The largest absolute Gasteiger partial charge is 0.507 e. The topological polar surface area (TPSA) is 108 Å². The molecule has 2 N–H and O–H groups in total. The maximum absolute atomic E-state index is 13.4. The Labute approximate surface area is 214 Å². The maximum Gasteiger partial charge on any atom is 0.335 e. The van der Waals surface area contributed by atoms with Gasteiger partial charge in [-0.05, 0) is 72.5 Å². The molecule has 1 fully saturated rings. The molecule has 1 atom stereocenters. The van der Waals surface area contributed by atoms with Gasteiger partial charge in [0.05, 0.1) is 21.4 Å². The second-order valence-electron chi connectivity index (χ2n) is 8.86. The Hall–Kier alpha value is -3.82. The van der Waals surface area contributed by atoms with Crippen molar-refractivity contribution in [1.29, 1.82) is 0 Å². The van der Waals surface area contributed by atoms with Crippen LogP contribution >= 0.6 is 22.7 Å². The van der Waals surface area contributed by atoms with Crippen LogP contribution in [-0.4, -0.2) is 32.9 Å². The second-order valence-corrected chi connectivity index (χ2v) is 10.8. The molecular formula is C27H20N2O5S2. The first kappa shape index (κ1) is 22.6. The number of hydrogen-bond acceptors (Lipinski definition) is 7. The highest BCUT2D eigenvalue weighted by Crippen LogP contribution is 2.45. The molecule has 1 amide bonds. The normalized spacial score (nSPS) is 19.1. The highest BCUT2D eigenvalue weighted by atomic mass is 32.1. The fourth-order valence-corrected chi connectivity index (χ4v) is 6.79. The van der Waals surface area contributed by atoms with Gasteiger partial charge in [-0.2, -0.15) is 0 Å². The predicted molar refractivity (Wildman–Crippen MR) is 139 cm³/mol. The van der Waals surface area contributed by atoms with Gasteiger partial charge in [0.1, 0.15) is 11.8 Å². The van der Waals surface area contributed by atoms with E-state index in [9.17, 15) is 24.6 Å². The monoisotopic (exact) mass is 516 g/mol. The van der Waals surface area contributed by atoms with Crippen LogP contribution in [0.3, 0.4) is 0 Å². The van der Waals surface area contributed by atoms with Crippen LogP contribution < -0.4 is 4.90 Å². The van der Waals surface area contributed by atoms with E-state index in [2.05, 4.69) is 4.98 Å². The van der Waals surface area contributed by atoms with Crippen molar-refractivity contribution in [3.05, 3.63) is 86.6 Å². The number of carboxylic acids is 1. The highest BCUT2D eigenvalue weighted by molar-refractivity contribution is 7.22. The van der Waals surface area contributed by atoms with Gasteiger partial charge in [0.15, 0.2) is 5.13 Å². The van der Waals surface area contributed by atoms with E-state index in [1.54, 1.807) is 6.07 Å². The van der Waals surface area contributed by atoms with Crippen LogP contribution in [0.5, 0.6) is 0 Å². The molecule has 2 aromatic carbocycles. The van der Waals surface area contributed by atoms with E-state index >= 15 is 0 Å². The molecule has 180 valence electrons. The van der Waals surface area contributed by atoms with Crippen molar-refractivity contribution in [3.8, 4) is 0 Å². The van der Waals surface area contributed by atoms with Crippen molar-refractivity contribution < 1.29 is 24.6 Å². The molecule has 0 spiro atoms. The highest BCUT2D eigenvalue weighted by Gasteiger charge is 2.48. The van der Waals surface area contributed by atoms with Crippen molar-refractivity contribution >= 4 is 61.4 Å². The smallest absolute Gasteiger partial charge is 0.335 e. The van der Waals surface area contributed by atoms with Crippen LogP contribution in [0.15, 0.2) is 59.5 Å². The van der Waals surface area contributed by atoms with E-state index in [1.807, 2.05) is 35.7 Å². The molecule has 3 heterocycles. The summed E-state index contributed by atoms with van der Waals surface area (Å²) in [5, 5.41) is 22.8. The number of carbonyl (C=O) groups is 3. The molecule has 1 unspecified atom stereocenters. The van der Waals surface area contributed by atoms with Gasteiger partial charge in [-0.15, -0.1) is 11.3 Å². The van der Waals surface area contributed by atoms with Gasteiger partial charge < -0.3 is 10.2 Å². The number of thiazole rings is 1. The van der Waals surface area contributed by atoms with E-state index in [1.165, 1.54) is 33.9 Å². The fraction of sp³-hybridized carbons (Fsp3) is 0.185. The minimum atomic E-state index is -1.06. The zero-order chi connectivity index (χ0) is 25.0. The Morgan fingerprint density at radius 3 is 2.50 bits per heavy atom. The summed E-state index contributed by atoms with van der Waals surface area (Å²) in [5.41, 5.74) is 3.61. The minimum Gasteiger partial charge on any atom is -0.507 e. The number of fused-ring (bicyclic) bond motifs is 2. The number of nitrogens with zero attached hydrogens (tertiary/aromatic N) is 2. The van der Waals surface area contributed by atoms with Gasteiger partial charge in [-0.1, -0.05) is 29.5 Å². The number of hydrogen-bond donors (Lipinski definition) is 2. The second kappa shape index (κ2) is 8.69. The summed E-state index contributed by atoms with van der Waals surface area (Å²) in [7, 11) is 0. The lowest BCUT2D eigenvalue weighted by Crippen LogP contribution is -2.28. The van der Waals surface area contributed by atoms with Crippen molar-refractivity contribution in [2.24, 2.45) is 0 Å². The molecule has 1 aliphatic heterocycles. The van der Waals surface area contributed by atoms with Crippen LogP contribution in [0.25, 0.3) is 16.0 Å². The number of rotatable bonds is 4. The van der Waals surface area contributed by atoms with Gasteiger partial charge in [0.2, 0.25) is 0 Å². The van der Waals surface area contributed by atoms with Crippen molar-refractivity contribution in [1.82, 2.24) is 4.98 Å². The van der Waals surface area contributed by atoms with Gasteiger partial charge in [-0.25, -0.2) is 9.78 Å². The molecule has 7 nitrogen and oxygen atoms in total. The Morgan fingerprint density at radius 1 is 0.972 bits per heavy atom. The average Bonchev–Trinajstić information content (AvgIpc) is 3.61. The molecule has 1 aliphatic carbocycles. The summed E-state index contributed by atoms with van der Waals surface area (Å²) in [5.74, 6) is -2.80. The molecule has 0 saturated carbocycles. The van der Waals surface area contributed by atoms with Gasteiger partial charge in [0.25, 0.3) is 5.78 Å². The number of aromatic nitrogens is 1. The number of aromatic carboxylic acids is 1. The summed E-state index contributed by atoms with van der Waals surface area (Å²) in [6, 6.07) is 13.1. The SMILES string of the molecule is O=C1C(=O)N(c2nc3ccc(C(=O)O)cc3s2)C(c2cccs2)/C1=C(\O)c1ccc2c(c1)CCCC2. The summed E-state index contributed by atoms with van der Waals surface area (Å²) in [4.78, 5) is 44.7. The quantitative estimate of drug-likeness (QED) is 0.209. The first-order valence-corrected chi connectivity index (χ1v) is 13.2. The number of thiophene rings is 1. The molecule has 2 aliphatic rings. The zero-order valence-electron chi connectivity index (χ0n) is 18.9. The number of benzene rings is 2. The molecule has 0 radical (unpaired) electrons. The third-order valence-corrected chi connectivity index (χ3v) is 8.65. The molecular weight excluding hydrogens is 496 g/mol. The van der Waals surface area contributed by atoms with Crippen molar-refractivity contribution in [2.75, 3.05) is 4.90 Å². The predicted octanol–water partition coefficient (Wildman–Crippen LogP) is 5.56. The number of aryl methyl sites for hydroxylation is 2. The lowest BCUT2D eigenvalue weighted by atomic mass is 9.89. The van der Waals surface area contributed by atoms with E-state index in [0.717, 1.165) is 47.5 Å². The number of carbonyl (C=O) groups excluding carboxylic acids is 2. The summed E-state index contributed by atoms with van der Waals surface area (Å²) in [6.45, 7) is 0. The lowest BCUT2D eigenvalue weighted by Gasteiger charge is -2.22. The van der Waals surface area contributed by atoms with Gasteiger partial charge in [0, 0.05) is 10.4 Å². The first-order valence-electron chi connectivity index (χ1n) is 11.5. The Bertz CT molecular complexity index is 1580. The third-order valence-electron chi connectivity index (χ3n) is 6.71. The third kappa shape index (κ3) is 3.63.